The number of nitrogens with zero attached hydrogens (tertiary/aromatic N) is 1. The summed E-state index contributed by atoms with van der Waals surface area (Å²) < 4.78 is 54.7. The molecule has 1 heterocycles. The first-order valence-corrected chi connectivity index (χ1v) is 11.4. The summed E-state index contributed by atoms with van der Waals surface area (Å²) in [5, 5.41) is 6.87. The molecule has 0 spiro atoms. The Morgan fingerprint density at radius 2 is 1.94 bits per heavy atom. The number of ether oxygens (including phenoxy) is 1. The second-order valence-corrected chi connectivity index (χ2v) is 9.50. The number of hydrogen-bond donors (Lipinski definition) is 2. The number of alkyl halides is 2. The maximum atomic E-state index is 13.3. The molecule has 0 aromatic heterocycles. The third-order valence-corrected chi connectivity index (χ3v) is 6.82. The molecule has 0 atom stereocenters. The smallest absolute Gasteiger partial charge is 0.294 e. The first-order valence-electron chi connectivity index (χ1n) is 9.05. The average Bonchev–Trinajstić information content (AvgIpc) is 2.95. The number of anilines is 1. The Balaban J connectivity index is 1.70. The molecule has 3 N–H and O–H groups in total. The monoisotopic (exact) mass is 475 g/mol. The normalized spacial score (nSPS) is 19.0. The van der Waals surface area contributed by atoms with Crippen LogP contribution in [0.3, 0.4) is 0 Å². The van der Waals surface area contributed by atoms with Gasteiger partial charge in [-0.05, 0) is 36.7 Å². The molecule has 2 fully saturated rings. The molecule has 1 saturated carbocycles. The molecule has 1 aromatic carbocycles. The van der Waals surface area contributed by atoms with Gasteiger partial charge in [-0.2, -0.15) is 0 Å². The van der Waals surface area contributed by atoms with Gasteiger partial charge < -0.3 is 10.1 Å². The first-order chi connectivity index (χ1) is 14.4. The summed E-state index contributed by atoms with van der Waals surface area (Å²) in [6, 6.07) is 3.65. The van der Waals surface area contributed by atoms with Crippen molar-refractivity contribution in [2.45, 2.75) is 36.5 Å². The Kier molecular flexibility index (Phi) is 6.39. The lowest BCUT2D eigenvalue weighted by atomic mass is 9.91. The maximum absolute atomic E-state index is 13.3. The van der Waals surface area contributed by atoms with Crippen LogP contribution in [0, 0.1) is 0 Å². The number of rotatable bonds is 5. The number of carbonyl (C=O) groups excluding carboxylic acids is 3. The fraction of sp³-hybridized carbons (Fsp3) is 0.389. The SMILES string of the molecule is COc1cc(NC(=O)CN2C(=O)SC(=C3CCC(F)(F)CC3)C2=O)ccc1S(N)(=O)=O. The first kappa shape index (κ1) is 23.2. The van der Waals surface area contributed by atoms with Crippen molar-refractivity contribution in [3.05, 3.63) is 28.7 Å². The van der Waals surface area contributed by atoms with Crippen LogP contribution in [0.15, 0.2) is 33.6 Å². The molecule has 1 aliphatic carbocycles. The Hall–Kier alpha value is -2.51. The molecular formula is C18H19F2N3O6S2. The maximum Gasteiger partial charge on any atom is 0.294 e. The van der Waals surface area contributed by atoms with Crippen molar-refractivity contribution in [1.29, 1.82) is 0 Å². The number of benzene rings is 1. The molecule has 2 aliphatic rings. The number of allylic oxidation sites excluding steroid dienone is 1. The number of nitrogens with two attached hydrogens (primary N) is 1. The molecule has 31 heavy (non-hydrogen) atoms. The lowest BCUT2D eigenvalue weighted by Gasteiger charge is -2.24. The summed E-state index contributed by atoms with van der Waals surface area (Å²) in [7, 11) is -2.81. The van der Waals surface area contributed by atoms with Gasteiger partial charge in [0.2, 0.25) is 21.9 Å². The van der Waals surface area contributed by atoms with E-state index in [1.165, 1.54) is 19.2 Å². The Morgan fingerprint density at radius 3 is 2.52 bits per heavy atom. The van der Waals surface area contributed by atoms with Crippen LogP contribution in [0.4, 0.5) is 19.3 Å². The molecule has 1 aliphatic heterocycles. The van der Waals surface area contributed by atoms with E-state index in [1.54, 1.807) is 0 Å². The summed E-state index contributed by atoms with van der Waals surface area (Å²) in [6.45, 7) is -0.586. The topological polar surface area (TPSA) is 136 Å². The van der Waals surface area contributed by atoms with E-state index in [2.05, 4.69) is 5.32 Å². The number of amides is 3. The van der Waals surface area contributed by atoms with Crippen LogP contribution in [0.2, 0.25) is 0 Å². The number of primary sulfonamides is 1. The van der Waals surface area contributed by atoms with Gasteiger partial charge in [0.15, 0.2) is 0 Å². The van der Waals surface area contributed by atoms with Crippen molar-refractivity contribution >= 4 is 44.5 Å². The van der Waals surface area contributed by atoms with Crippen LogP contribution in [0.5, 0.6) is 5.75 Å². The van der Waals surface area contributed by atoms with Gasteiger partial charge in [0, 0.05) is 24.6 Å². The highest BCUT2D eigenvalue weighted by molar-refractivity contribution is 8.18. The van der Waals surface area contributed by atoms with Crippen molar-refractivity contribution in [1.82, 2.24) is 4.90 Å². The highest BCUT2D eigenvalue weighted by Crippen LogP contribution is 2.42. The quantitative estimate of drug-likeness (QED) is 0.624. The molecule has 13 heteroatoms. The lowest BCUT2D eigenvalue weighted by molar-refractivity contribution is -0.127. The van der Waals surface area contributed by atoms with Crippen LogP contribution in [-0.2, 0) is 19.6 Å². The van der Waals surface area contributed by atoms with Crippen LogP contribution in [0.25, 0.3) is 0 Å². The minimum Gasteiger partial charge on any atom is -0.495 e. The van der Waals surface area contributed by atoms with Crippen LogP contribution >= 0.6 is 11.8 Å². The van der Waals surface area contributed by atoms with E-state index in [0.29, 0.717) is 17.3 Å². The number of nitrogens with one attached hydrogen (secondary N) is 1. The van der Waals surface area contributed by atoms with E-state index < -0.39 is 39.5 Å². The van der Waals surface area contributed by atoms with E-state index in [0.717, 1.165) is 11.0 Å². The van der Waals surface area contributed by atoms with Crippen molar-refractivity contribution in [3.63, 3.8) is 0 Å². The van der Waals surface area contributed by atoms with Crippen LogP contribution < -0.4 is 15.2 Å². The van der Waals surface area contributed by atoms with Crippen molar-refractivity contribution in [3.8, 4) is 5.75 Å². The number of thioether (sulfide) groups is 1. The van der Waals surface area contributed by atoms with Gasteiger partial charge >= 0.3 is 0 Å². The second kappa shape index (κ2) is 8.55. The van der Waals surface area contributed by atoms with Crippen LogP contribution in [0.1, 0.15) is 25.7 Å². The van der Waals surface area contributed by atoms with Gasteiger partial charge in [-0.25, -0.2) is 22.3 Å². The molecule has 1 saturated heterocycles. The van der Waals surface area contributed by atoms with Gasteiger partial charge in [0.25, 0.3) is 11.1 Å². The summed E-state index contributed by atoms with van der Waals surface area (Å²) >= 11 is 0.639. The molecule has 3 rings (SSSR count). The van der Waals surface area contributed by atoms with Crippen LogP contribution in [-0.4, -0.2) is 49.9 Å². The van der Waals surface area contributed by atoms with E-state index >= 15 is 0 Å². The number of imide groups is 1. The molecule has 0 bridgehead atoms. The Morgan fingerprint density at radius 1 is 1.29 bits per heavy atom. The van der Waals surface area contributed by atoms with Crippen molar-refractivity contribution < 1.29 is 36.3 Å². The van der Waals surface area contributed by atoms with Gasteiger partial charge in [0.05, 0.1) is 12.0 Å². The second-order valence-electron chi connectivity index (χ2n) is 7.01. The molecule has 0 radical (unpaired) electrons. The zero-order chi connectivity index (χ0) is 23.0. The van der Waals surface area contributed by atoms with E-state index in [1.807, 2.05) is 0 Å². The predicted octanol–water partition coefficient (Wildman–Crippen LogP) is 2.44. The molecule has 1 aromatic rings. The summed E-state index contributed by atoms with van der Waals surface area (Å²) in [6.07, 6.45) is -0.732. The molecule has 168 valence electrons. The summed E-state index contributed by atoms with van der Waals surface area (Å²) in [5.74, 6) is -4.27. The minimum atomic E-state index is -4.04. The predicted molar refractivity (Wildman–Crippen MR) is 108 cm³/mol. The minimum absolute atomic E-state index is 0.0184. The number of hydrogen-bond acceptors (Lipinski definition) is 7. The lowest BCUT2D eigenvalue weighted by Crippen LogP contribution is -2.36. The number of sulfonamides is 1. The van der Waals surface area contributed by atoms with Gasteiger partial charge in [-0.3, -0.25) is 19.3 Å². The highest BCUT2D eigenvalue weighted by atomic mass is 32.2. The van der Waals surface area contributed by atoms with Crippen molar-refractivity contribution in [2.24, 2.45) is 5.14 Å². The van der Waals surface area contributed by atoms with E-state index in [-0.39, 0.29) is 46.9 Å². The zero-order valence-electron chi connectivity index (χ0n) is 16.3. The molecule has 0 unspecified atom stereocenters. The third kappa shape index (κ3) is 5.22. The third-order valence-electron chi connectivity index (χ3n) is 4.81. The molecule has 3 amide bonds. The van der Waals surface area contributed by atoms with E-state index in [4.69, 9.17) is 9.88 Å². The fourth-order valence-corrected chi connectivity index (χ4v) is 4.88. The Labute approximate surface area is 181 Å². The zero-order valence-corrected chi connectivity index (χ0v) is 17.9. The number of carbonyl (C=O) groups is 3. The molecule has 9 nitrogen and oxygen atoms in total. The van der Waals surface area contributed by atoms with Gasteiger partial charge in [-0.1, -0.05) is 5.57 Å². The Bertz CT molecular complexity index is 1080. The average molecular weight is 475 g/mol. The van der Waals surface area contributed by atoms with E-state index in [9.17, 15) is 31.6 Å². The summed E-state index contributed by atoms with van der Waals surface area (Å²) in [4.78, 5) is 37.7. The largest absolute Gasteiger partial charge is 0.495 e. The standard InChI is InChI=1S/C18H19F2N3O6S2/c1-29-12-8-11(2-3-13(12)31(21,27)28)22-14(24)9-23-16(25)15(30-17(23)26)10-4-6-18(19,20)7-5-10/h2-3,8H,4-7,9H2,1H3,(H,22,24)(H2,21,27,28). The number of methoxy groups -OCH3 is 1. The van der Waals surface area contributed by atoms with Gasteiger partial charge in [0.1, 0.15) is 17.2 Å². The highest BCUT2D eigenvalue weighted by Gasteiger charge is 2.41. The molecular weight excluding hydrogens is 456 g/mol. The summed E-state index contributed by atoms with van der Waals surface area (Å²) in [5.41, 5.74) is 0.662. The number of halogens is 2. The fourth-order valence-electron chi connectivity index (χ4n) is 3.22. The van der Waals surface area contributed by atoms with Gasteiger partial charge in [-0.15, -0.1) is 0 Å². The van der Waals surface area contributed by atoms with Crippen molar-refractivity contribution in [2.75, 3.05) is 19.0 Å².